The third kappa shape index (κ3) is 14.0. The second-order valence-corrected chi connectivity index (χ2v) is 20.7. The fourth-order valence-electron chi connectivity index (χ4n) is 10.7. The van der Waals surface area contributed by atoms with Crippen LogP contribution in [0.25, 0.3) is 33.8 Å². The molecular formula is C61H60F4N14O8. The van der Waals surface area contributed by atoms with Crippen LogP contribution < -0.4 is 29.6 Å². The van der Waals surface area contributed by atoms with E-state index >= 15 is 0 Å². The summed E-state index contributed by atoms with van der Waals surface area (Å²) < 4.78 is 81.1. The summed E-state index contributed by atoms with van der Waals surface area (Å²) in [6.45, 7) is -2.50. The average Bonchev–Trinajstić information content (AvgIpc) is 2.34. The maximum atomic E-state index is 13.4. The molecule has 8 heterocycles. The van der Waals surface area contributed by atoms with E-state index in [0.717, 1.165) is 69.4 Å². The molecule has 12 rings (SSSR count). The number of ether oxygens (including phenoxy) is 4. The number of rotatable bonds is 20. The Morgan fingerprint density at radius 1 is 0.586 bits per heavy atom. The zero-order valence-electron chi connectivity index (χ0n) is 47.2. The van der Waals surface area contributed by atoms with Crippen LogP contribution in [0.4, 0.5) is 28.9 Å². The Kier molecular flexibility index (Phi) is 18.1. The van der Waals surface area contributed by atoms with Gasteiger partial charge in [0.1, 0.15) is 57.0 Å². The molecule has 0 unspecified atom stereocenters. The molecule has 450 valence electrons. The molecule has 2 amide bonds. The highest BCUT2D eigenvalue weighted by Crippen LogP contribution is 2.41. The number of benzene rings is 4. The van der Waals surface area contributed by atoms with Crippen molar-refractivity contribution in [3.63, 3.8) is 0 Å². The van der Waals surface area contributed by atoms with Gasteiger partial charge in [0, 0.05) is 76.4 Å². The molecule has 10 aromatic rings. The summed E-state index contributed by atoms with van der Waals surface area (Å²) in [6, 6.07) is 27.8. The van der Waals surface area contributed by atoms with Gasteiger partial charge in [0.05, 0.1) is 48.1 Å². The van der Waals surface area contributed by atoms with Gasteiger partial charge < -0.3 is 39.8 Å². The van der Waals surface area contributed by atoms with Crippen LogP contribution >= 0.6 is 0 Å². The number of aliphatic hydroxyl groups is 2. The van der Waals surface area contributed by atoms with Crippen LogP contribution in [0.2, 0.25) is 0 Å². The zero-order chi connectivity index (χ0) is 60.6. The SMILES string of the molecule is Cn1cc(NC(=O)c2cnn3cccnc23)c(-c2cc(Oc3ccc(CN4CCCC[C@@H]4CO)cc3)ccc2OC(F)F)n1.Cn1cc(NC(=O)c2cnn3cccnc23)c(-c2cc(Oc3ccc(CN4CCC[C@H]4CO)cc3)ccc2OC(F)F)n1. The Balaban J connectivity index is 0.000000180. The third-order valence-electron chi connectivity index (χ3n) is 14.8. The summed E-state index contributed by atoms with van der Waals surface area (Å²) in [5, 5.41) is 42.1. The largest absolute Gasteiger partial charge is 0.457 e. The van der Waals surface area contributed by atoms with Crippen LogP contribution in [-0.2, 0) is 27.2 Å². The molecule has 0 spiro atoms. The average molecular weight is 1190 g/mol. The van der Waals surface area contributed by atoms with Crippen LogP contribution in [-0.4, -0.2) is 132 Å². The Morgan fingerprint density at radius 2 is 1.01 bits per heavy atom. The summed E-state index contributed by atoms with van der Waals surface area (Å²) in [5.41, 5.74) is 4.74. The van der Waals surface area contributed by atoms with Crippen molar-refractivity contribution in [3.05, 3.63) is 169 Å². The van der Waals surface area contributed by atoms with Gasteiger partial charge in [0.15, 0.2) is 11.3 Å². The van der Waals surface area contributed by atoms with Crippen molar-refractivity contribution >= 4 is 34.5 Å². The molecule has 2 atom stereocenters. The van der Waals surface area contributed by atoms with Gasteiger partial charge in [-0.1, -0.05) is 30.7 Å². The number of aliphatic hydroxyl groups excluding tert-OH is 2. The van der Waals surface area contributed by atoms with Crippen LogP contribution in [0.3, 0.4) is 0 Å². The minimum atomic E-state index is -3.08. The summed E-state index contributed by atoms with van der Waals surface area (Å²) >= 11 is 0. The number of hydrogen-bond acceptors (Lipinski definition) is 16. The highest BCUT2D eigenvalue weighted by atomic mass is 19.3. The molecule has 0 bridgehead atoms. The fraction of sp³-hybridized carbons (Fsp3) is 0.279. The normalized spacial score (nSPS) is 15.4. The number of nitrogens with one attached hydrogen (secondary N) is 2. The van der Waals surface area contributed by atoms with Gasteiger partial charge in [0.25, 0.3) is 11.8 Å². The third-order valence-corrected chi connectivity index (χ3v) is 14.8. The number of hydrogen-bond donors (Lipinski definition) is 4. The lowest BCUT2D eigenvalue weighted by Crippen LogP contribution is -2.41. The topological polar surface area (TPSA) is 238 Å². The quantitative estimate of drug-likeness (QED) is 0.0519. The molecule has 0 saturated carbocycles. The summed E-state index contributed by atoms with van der Waals surface area (Å²) in [7, 11) is 3.30. The lowest BCUT2D eigenvalue weighted by atomic mass is 10.0. The number of alkyl halides is 4. The van der Waals surface area contributed by atoms with E-state index in [-0.39, 0.29) is 81.8 Å². The van der Waals surface area contributed by atoms with E-state index in [1.807, 2.05) is 48.5 Å². The summed E-state index contributed by atoms with van der Waals surface area (Å²) in [4.78, 5) is 39.4. The first kappa shape index (κ1) is 59.0. The predicted molar refractivity (Wildman–Crippen MR) is 311 cm³/mol. The number of nitrogens with zero attached hydrogens (tertiary/aromatic N) is 12. The number of aryl methyl sites for hydroxylation is 2. The van der Waals surface area contributed by atoms with Crippen molar-refractivity contribution in [1.29, 1.82) is 0 Å². The van der Waals surface area contributed by atoms with E-state index in [4.69, 9.17) is 18.9 Å². The van der Waals surface area contributed by atoms with E-state index in [2.05, 4.69) is 50.8 Å². The zero-order valence-corrected chi connectivity index (χ0v) is 47.2. The van der Waals surface area contributed by atoms with Gasteiger partial charge in [-0.2, -0.15) is 38.0 Å². The molecular weight excluding hydrogens is 1130 g/mol. The number of anilines is 2. The van der Waals surface area contributed by atoms with Gasteiger partial charge in [-0.25, -0.2) is 19.0 Å². The number of fused-ring (bicyclic) bond motifs is 2. The molecule has 2 saturated heterocycles. The van der Waals surface area contributed by atoms with Crippen molar-refractivity contribution < 1.29 is 56.3 Å². The van der Waals surface area contributed by atoms with Crippen molar-refractivity contribution in [2.24, 2.45) is 14.1 Å². The van der Waals surface area contributed by atoms with Gasteiger partial charge >= 0.3 is 13.2 Å². The standard InChI is InChI=1S/C31H31F2N7O4.C30H29F2N7O4/c1-38-18-26(36-30(42)25-16-35-40-14-4-12-34-29(25)40)28(37-38)24-15-23(10-11-27(24)44-31(32)33)43-22-8-6-20(7-9-22)17-39-13-3-2-5-21(39)19-41;1-37-17-25(35-29(41)24-15-34-39-13-3-11-33-28(24)39)27(36-37)23-14-22(9-10-26(23)43-30(31)32)42-21-7-5-19(6-8-21)16-38-12-2-4-20(38)18-40/h4,6-12,14-16,18,21,31,41H,2-3,5,13,17,19H2,1H3,(H,36,42);3,5-11,13-15,17,20,30,40H,2,4,12,16,18H2,1H3,(H,35,41)/t21-;20-/m10/s1. The van der Waals surface area contributed by atoms with E-state index in [1.165, 1.54) is 61.1 Å². The first-order valence-corrected chi connectivity index (χ1v) is 27.9. The van der Waals surface area contributed by atoms with Crippen LogP contribution in [0, 0.1) is 0 Å². The Morgan fingerprint density at radius 3 is 1.45 bits per heavy atom. The Hall–Kier alpha value is -9.76. The molecule has 2 fully saturated rings. The number of halogens is 4. The Labute approximate surface area is 495 Å². The molecule has 2 aliphatic rings. The molecule has 2 aliphatic heterocycles. The van der Waals surface area contributed by atoms with Gasteiger partial charge in [-0.05, 0) is 123 Å². The minimum Gasteiger partial charge on any atom is -0.457 e. The van der Waals surface area contributed by atoms with Crippen LogP contribution in [0.1, 0.15) is 63.9 Å². The number of carbonyl (C=O) groups is 2. The van der Waals surface area contributed by atoms with E-state index < -0.39 is 25.0 Å². The van der Waals surface area contributed by atoms with Crippen LogP contribution in [0.5, 0.6) is 34.5 Å². The first-order valence-electron chi connectivity index (χ1n) is 27.9. The van der Waals surface area contributed by atoms with Crippen molar-refractivity contribution in [1.82, 2.24) is 58.6 Å². The second kappa shape index (κ2) is 26.7. The highest BCUT2D eigenvalue weighted by Gasteiger charge is 2.27. The number of carbonyl (C=O) groups excluding carboxylic acids is 2. The number of piperidine rings is 1. The molecule has 22 nitrogen and oxygen atoms in total. The molecule has 4 N–H and O–H groups in total. The van der Waals surface area contributed by atoms with Crippen molar-refractivity contribution in [3.8, 4) is 57.0 Å². The molecule has 0 aliphatic carbocycles. The molecule has 0 radical (unpaired) electrons. The maximum Gasteiger partial charge on any atom is 0.387 e. The Bertz CT molecular complexity index is 4010. The van der Waals surface area contributed by atoms with Crippen LogP contribution in [0.15, 0.2) is 147 Å². The number of aromatic nitrogens is 10. The predicted octanol–water partition coefficient (Wildman–Crippen LogP) is 9.86. The minimum absolute atomic E-state index is 0.130. The summed E-state index contributed by atoms with van der Waals surface area (Å²) in [5.74, 6) is 0.572. The molecule has 6 aromatic heterocycles. The van der Waals surface area contributed by atoms with Crippen molar-refractivity contribution in [2.45, 2.75) is 70.5 Å². The van der Waals surface area contributed by atoms with Gasteiger partial charge in [-0.3, -0.25) is 28.8 Å². The number of likely N-dealkylation sites (tertiary alicyclic amines) is 2. The molecule has 26 heteroatoms. The fourth-order valence-corrected chi connectivity index (χ4v) is 10.7. The van der Waals surface area contributed by atoms with Crippen molar-refractivity contribution in [2.75, 3.05) is 36.9 Å². The molecule has 4 aromatic carbocycles. The van der Waals surface area contributed by atoms with Gasteiger partial charge in [-0.15, -0.1) is 0 Å². The highest BCUT2D eigenvalue weighted by molar-refractivity contribution is 6.10. The van der Waals surface area contributed by atoms with E-state index in [0.29, 0.717) is 34.3 Å². The second-order valence-electron chi connectivity index (χ2n) is 20.7. The summed E-state index contributed by atoms with van der Waals surface area (Å²) in [6.07, 6.45) is 17.7. The molecule has 87 heavy (non-hydrogen) atoms. The van der Waals surface area contributed by atoms with Gasteiger partial charge in [0.2, 0.25) is 0 Å². The first-order chi connectivity index (χ1) is 42.2. The van der Waals surface area contributed by atoms with E-state index in [1.54, 1.807) is 69.5 Å². The number of amides is 2. The van der Waals surface area contributed by atoms with E-state index in [9.17, 15) is 37.4 Å². The maximum absolute atomic E-state index is 13.4. The smallest absolute Gasteiger partial charge is 0.387 e. The lowest BCUT2D eigenvalue weighted by molar-refractivity contribution is -0.0501. The lowest BCUT2D eigenvalue weighted by Gasteiger charge is -2.34. The monoisotopic (exact) mass is 1190 g/mol.